The summed E-state index contributed by atoms with van der Waals surface area (Å²) < 4.78 is 0. The normalized spacial score (nSPS) is 15.9. The van der Waals surface area contributed by atoms with Crippen molar-refractivity contribution in [2.24, 2.45) is 0 Å². The standard InChI is InChI=1S/C20H26N4O5S.C3H8/c1-3-13-4-6-14(7-5-13)23-19(28)12(2)22-17(26)11-21-16(25)8-9-24-18(27)10-15(30)20(24)29;1-3-2/h4-7,12,15,30H,3,8-11H2,1-2H3,(H,21,25)(H,22,26)(H,23,28);3H2,1-2H3. The van der Waals surface area contributed by atoms with Crippen LogP contribution in [0.4, 0.5) is 5.69 Å². The van der Waals surface area contributed by atoms with Crippen LogP contribution >= 0.6 is 12.6 Å². The van der Waals surface area contributed by atoms with Crippen molar-refractivity contribution in [1.29, 1.82) is 0 Å². The van der Waals surface area contributed by atoms with Gasteiger partial charge in [0.25, 0.3) is 0 Å². The van der Waals surface area contributed by atoms with E-state index in [2.05, 4.69) is 42.4 Å². The molecule has 0 bridgehead atoms. The number of nitrogens with zero attached hydrogens (tertiary/aromatic N) is 1. The van der Waals surface area contributed by atoms with Crippen molar-refractivity contribution in [2.75, 3.05) is 18.4 Å². The van der Waals surface area contributed by atoms with E-state index in [0.29, 0.717) is 5.69 Å². The fourth-order valence-electron chi connectivity index (χ4n) is 2.81. The molecule has 33 heavy (non-hydrogen) atoms. The third-order valence-electron chi connectivity index (χ3n) is 4.63. The summed E-state index contributed by atoms with van der Waals surface area (Å²) in [6.45, 7) is 7.44. The summed E-state index contributed by atoms with van der Waals surface area (Å²) in [7, 11) is 0. The number of hydrogen-bond acceptors (Lipinski definition) is 6. The quantitative estimate of drug-likeness (QED) is 0.317. The lowest BCUT2D eigenvalue weighted by Crippen LogP contribution is -2.46. The van der Waals surface area contributed by atoms with Crippen LogP contribution in [0.5, 0.6) is 0 Å². The van der Waals surface area contributed by atoms with Gasteiger partial charge in [0.2, 0.25) is 29.5 Å². The Hall–Kier alpha value is -2.88. The van der Waals surface area contributed by atoms with E-state index in [0.717, 1.165) is 16.9 Å². The van der Waals surface area contributed by atoms with E-state index >= 15 is 0 Å². The van der Waals surface area contributed by atoms with E-state index < -0.39 is 29.0 Å². The number of amides is 5. The van der Waals surface area contributed by atoms with E-state index in [-0.39, 0.29) is 37.7 Å². The van der Waals surface area contributed by atoms with Crippen LogP contribution in [0.1, 0.15) is 52.5 Å². The molecule has 0 aromatic heterocycles. The van der Waals surface area contributed by atoms with E-state index in [1.807, 2.05) is 19.1 Å². The van der Waals surface area contributed by atoms with Gasteiger partial charge in [0, 0.05) is 25.1 Å². The first-order chi connectivity index (χ1) is 15.6. The van der Waals surface area contributed by atoms with Crippen LogP contribution in [-0.4, -0.2) is 58.8 Å². The van der Waals surface area contributed by atoms with E-state index in [1.165, 1.54) is 13.3 Å². The molecular weight excluding hydrogens is 444 g/mol. The average Bonchev–Trinajstić information content (AvgIpc) is 3.02. The maximum absolute atomic E-state index is 12.2. The number of rotatable bonds is 9. The van der Waals surface area contributed by atoms with Crippen LogP contribution in [0.2, 0.25) is 0 Å². The maximum Gasteiger partial charge on any atom is 0.246 e. The minimum absolute atomic E-state index is 0.0225. The summed E-state index contributed by atoms with van der Waals surface area (Å²) in [6, 6.07) is 6.60. The first kappa shape index (κ1) is 28.2. The molecule has 1 aliphatic heterocycles. The molecule has 1 aliphatic rings. The highest BCUT2D eigenvalue weighted by atomic mass is 32.1. The van der Waals surface area contributed by atoms with Gasteiger partial charge < -0.3 is 16.0 Å². The van der Waals surface area contributed by atoms with Gasteiger partial charge in [-0.05, 0) is 31.0 Å². The van der Waals surface area contributed by atoms with Gasteiger partial charge in [-0.15, -0.1) is 0 Å². The number of nitrogens with one attached hydrogen (secondary N) is 3. The number of aryl methyl sites for hydroxylation is 1. The van der Waals surface area contributed by atoms with Crippen molar-refractivity contribution in [3.63, 3.8) is 0 Å². The molecule has 0 radical (unpaired) electrons. The van der Waals surface area contributed by atoms with Gasteiger partial charge in [-0.25, -0.2) is 0 Å². The summed E-state index contributed by atoms with van der Waals surface area (Å²) in [6.07, 6.45) is 2.05. The minimum Gasteiger partial charge on any atom is -0.347 e. The van der Waals surface area contributed by atoms with Crippen LogP contribution in [0, 0.1) is 0 Å². The molecule has 2 rings (SSSR count). The fraction of sp³-hybridized carbons (Fsp3) is 0.522. The SMILES string of the molecule is CCC.CCc1ccc(NC(=O)C(C)NC(=O)CNC(=O)CCN2C(=O)CC(S)C2=O)cc1. The van der Waals surface area contributed by atoms with Crippen LogP contribution in [0.3, 0.4) is 0 Å². The monoisotopic (exact) mass is 478 g/mol. The molecule has 2 atom stereocenters. The van der Waals surface area contributed by atoms with Crippen molar-refractivity contribution in [3.8, 4) is 0 Å². The van der Waals surface area contributed by atoms with Crippen molar-refractivity contribution < 1.29 is 24.0 Å². The molecule has 1 heterocycles. The van der Waals surface area contributed by atoms with Gasteiger partial charge in [-0.3, -0.25) is 28.9 Å². The smallest absolute Gasteiger partial charge is 0.246 e. The first-order valence-electron chi connectivity index (χ1n) is 11.1. The summed E-state index contributed by atoms with van der Waals surface area (Å²) in [5.74, 6) is -2.18. The molecule has 1 fully saturated rings. The molecule has 2 unspecified atom stereocenters. The average molecular weight is 479 g/mol. The zero-order valence-electron chi connectivity index (χ0n) is 19.6. The predicted molar refractivity (Wildman–Crippen MR) is 130 cm³/mol. The highest BCUT2D eigenvalue weighted by Crippen LogP contribution is 2.17. The molecule has 1 saturated heterocycles. The first-order valence-corrected chi connectivity index (χ1v) is 11.6. The van der Waals surface area contributed by atoms with E-state index in [4.69, 9.17) is 0 Å². The van der Waals surface area contributed by atoms with E-state index in [9.17, 15) is 24.0 Å². The Bertz CT molecular complexity index is 844. The molecular formula is C23H34N4O5S. The number of carbonyl (C=O) groups excluding carboxylic acids is 5. The molecule has 1 aromatic carbocycles. The van der Waals surface area contributed by atoms with Crippen LogP contribution in [0.15, 0.2) is 24.3 Å². The Morgan fingerprint density at radius 3 is 2.21 bits per heavy atom. The van der Waals surface area contributed by atoms with Gasteiger partial charge >= 0.3 is 0 Å². The molecule has 5 amide bonds. The topological polar surface area (TPSA) is 125 Å². The summed E-state index contributed by atoms with van der Waals surface area (Å²) in [5.41, 5.74) is 1.77. The number of anilines is 1. The Morgan fingerprint density at radius 1 is 1.09 bits per heavy atom. The zero-order chi connectivity index (χ0) is 25.0. The van der Waals surface area contributed by atoms with E-state index in [1.54, 1.807) is 12.1 Å². The van der Waals surface area contributed by atoms with Gasteiger partial charge in [-0.1, -0.05) is 39.3 Å². The zero-order valence-corrected chi connectivity index (χ0v) is 20.5. The molecule has 10 heteroatoms. The molecule has 1 aromatic rings. The lowest BCUT2D eigenvalue weighted by atomic mass is 10.1. The number of thiol groups is 1. The second kappa shape index (κ2) is 14.3. The molecule has 3 N–H and O–H groups in total. The van der Waals surface area contributed by atoms with Crippen molar-refractivity contribution in [3.05, 3.63) is 29.8 Å². The van der Waals surface area contributed by atoms with Crippen molar-refractivity contribution in [2.45, 2.75) is 64.7 Å². The lowest BCUT2D eigenvalue weighted by Gasteiger charge is -2.15. The second-order valence-corrected chi connectivity index (χ2v) is 8.29. The Balaban J connectivity index is 0.00000172. The minimum atomic E-state index is -0.799. The van der Waals surface area contributed by atoms with Gasteiger partial charge in [0.05, 0.1) is 11.8 Å². The highest BCUT2D eigenvalue weighted by molar-refractivity contribution is 7.81. The summed E-state index contributed by atoms with van der Waals surface area (Å²) in [4.78, 5) is 60.4. The third kappa shape index (κ3) is 9.65. The molecule has 182 valence electrons. The third-order valence-corrected chi connectivity index (χ3v) is 5.03. The highest BCUT2D eigenvalue weighted by Gasteiger charge is 2.36. The number of carbonyl (C=O) groups is 5. The molecule has 0 aliphatic carbocycles. The molecule has 9 nitrogen and oxygen atoms in total. The van der Waals surface area contributed by atoms with Crippen LogP contribution in [-0.2, 0) is 30.4 Å². The second-order valence-electron chi connectivity index (χ2n) is 7.67. The van der Waals surface area contributed by atoms with Gasteiger partial charge in [-0.2, -0.15) is 12.6 Å². The van der Waals surface area contributed by atoms with Gasteiger partial charge in [0.15, 0.2) is 0 Å². The van der Waals surface area contributed by atoms with Crippen LogP contribution in [0.25, 0.3) is 0 Å². The molecule has 0 saturated carbocycles. The predicted octanol–water partition coefficient (Wildman–Crippen LogP) is 1.67. The Labute approximate surface area is 200 Å². The van der Waals surface area contributed by atoms with Crippen molar-refractivity contribution in [1.82, 2.24) is 15.5 Å². The van der Waals surface area contributed by atoms with Crippen LogP contribution < -0.4 is 16.0 Å². The number of hydrogen-bond donors (Lipinski definition) is 4. The van der Waals surface area contributed by atoms with Gasteiger partial charge in [0.1, 0.15) is 6.04 Å². The maximum atomic E-state index is 12.2. The number of likely N-dealkylation sites (tertiary alicyclic amines) is 1. The Morgan fingerprint density at radius 2 is 1.70 bits per heavy atom. The Kier molecular flexibility index (Phi) is 12.2. The fourth-order valence-corrected chi connectivity index (χ4v) is 3.11. The van der Waals surface area contributed by atoms with Crippen molar-refractivity contribution >= 4 is 47.9 Å². The lowest BCUT2D eigenvalue weighted by molar-refractivity contribution is -0.138. The largest absolute Gasteiger partial charge is 0.347 e. The number of benzene rings is 1. The summed E-state index contributed by atoms with van der Waals surface area (Å²) >= 11 is 4.01. The molecule has 0 spiro atoms. The number of imide groups is 1. The summed E-state index contributed by atoms with van der Waals surface area (Å²) in [5, 5.41) is 6.95.